The van der Waals surface area contributed by atoms with Crippen molar-refractivity contribution in [3.8, 4) is 0 Å². The molecule has 7 nitrogen and oxygen atoms in total. The number of carbonyl (C=O) groups is 2. The van der Waals surface area contributed by atoms with Gasteiger partial charge in [-0.25, -0.2) is 0 Å². The molecule has 0 bridgehead atoms. The van der Waals surface area contributed by atoms with Crippen molar-refractivity contribution in [3.05, 3.63) is 11.6 Å². The summed E-state index contributed by atoms with van der Waals surface area (Å²) in [5, 5.41) is 20.8. The van der Waals surface area contributed by atoms with E-state index in [1.54, 1.807) is 14.2 Å². The molecule has 192 valence electrons. The van der Waals surface area contributed by atoms with Gasteiger partial charge in [0.15, 0.2) is 5.78 Å². The van der Waals surface area contributed by atoms with Crippen LogP contribution in [0.25, 0.3) is 0 Å². The molecule has 7 heteroatoms. The molecule has 0 spiro atoms. The van der Waals surface area contributed by atoms with Crippen LogP contribution in [0.1, 0.15) is 59.3 Å². The summed E-state index contributed by atoms with van der Waals surface area (Å²) in [4.78, 5) is 28.1. The van der Waals surface area contributed by atoms with Crippen molar-refractivity contribution >= 4 is 11.7 Å². The SMILES string of the molecule is COCCN(C(=O)COC)C(C)C1CCC2C3=CC(=O)C4CC(O)C(O)CC4(C)C3CCC21C. The zero-order chi connectivity index (χ0) is 24.8. The minimum Gasteiger partial charge on any atom is -0.390 e. The van der Waals surface area contributed by atoms with Crippen LogP contribution in [-0.2, 0) is 19.1 Å². The molecular formula is C27H43NO6. The number of rotatable bonds is 7. The Balaban J connectivity index is 1.61. The van der Waals surface area contributed by atoms with Gasteiger partial charge in [0.25, 0.3) is 0 Å². The molecule has 0 aromatic carbocycles. The van der Waals surface area contributed by atoms with Gasteiger partial charge in [0.2, 0.25) is 5.91 Å². The molecule has 4 aliphatic rings. The van der Waals surface area contributed by atoms with Crippen LogP contribution < -0.4 is 0 Å². The topological polar surface area (TPSA) is 96.3 Å². The first-order chi connectivity index (χ1) is 16.1. The number of allylic oxidation sites excluding steroid dienone is 2. The summed E-state index contributed by atoms with van der Waals surface area (Å²) in [6, 6.07) is 0.0548. The summed E-state index contributed by atoms with van der Waals surface area (Å²) < 4.78 is 10.4. The average Bonchev–Trinajstić information content (AvgIpc) is 3.13. The van der Waals surface area contributed by atoms with Gasteiger partial charge in [0, 0.05) is 32.7 Å². The van der Waals surface area contributed by atoms with Crippen LogP contribution in [0.15, 0.2) is 11.6 Å². The summed E-state index contributed by atoms with van der Waals surface area (Å²) in [5.74, 6) is 0.811. The third-order valence-electron chi connectivity index (χ3n) is 10.2. The minimum atomic E-state index is -0.815. The molecule has 0 heterocycles. The van der Waals surface area contributed by atoms with Crippen LogP contribution in [0.3, 0.4) is 0 Å². The third kappa shape index (κ3) is 4.06. The number of hydrogen-bond acceptors (Lipinski definition) is 6. The van der Waals surface area contributed by atoms with Gasteiger partial charge < -0.3 is 24.6 Å². The Labute approximate surface area is 203 Å². The van der Waals surface area contributed by atoms with Crippen molar-refractivity contribution in [1.29, 1.82) is 0 Å². The van der Waals surface area contributed by atoms with E-state index >= 15 is 0 Å². The quantitative estimate of drug-likeness (QED) is 0.585. The van der Waals surface area contributed by atoms with E-state index in [-0.39, 0.29) is 47.0 Å². The van der Waals surface area contributed by atoms with Gasteiger partial charge >= 0.3 is 0 Å². The van der Waals surface area contributed by atoms with Crippen molar-refractivity contribution in [2.75, 3.05) is 34.0 Å². The fourth-order valence-electron chi connectivity index (χ4n) is 8.40. The molecule has 34 heavy (non-hydrogen) atoms. The summed E-state index contributed by atoms with van der Waals surface area (Å²) in [5.41, 5.74) is 0.975. The zero-order valence-corrected chi connectivity index (χ0v) is 21.5. The standard InChI is InChI=1S/C27H43NO6/c1-16(28(10-11-33-4)25(32)15-34-5)18-6-7-19-17-12-22(29)21-13-23(30)24(31)14-27(21,3)20(17)8-9-26(18,19)2/h12,16,18-21,23-24,30-31H,6-11,13-15H2,1-5H3. The molecule has 1 amide bonds. The number of hydrogen-bond donors (Lipinski definition) is 2. The van der Waals surface area contributed by atoms with Crippen LogP contribution in [0.5, 0.6) is 0 Å². The summed E-state index contributed by atoms with van der Waals surface area (Å²) in [7, 11) is 3.20. The van der Waals surface area contributed by atoms with Gasteiger partial charge in [-0.1, -0.05) is 19.4 Å². The summed E-state index contributed by atoms with van der Waals surface area (Å²) >= 11 is 0. The van der Waals surface area contributed by atoms with E-state index in [2.05, 4.69) is 20.8 Å². The van der Waals surface area contributed by atoms with Crippen LogP contribution >= 0.6 is 0 Å². The number of aliphatic hydroxyl groups excluding tert-OH is 2. The van der Waals surface area contributed by atoms with Gasteiger partial charge in [-0.3, -0.25) is 9.59 Å². The maximum atomic E-state index is 13.3. The number of aliphatic hydroxyl groups is 2. The predicted octanol–water partition coefficient (Wildman–Crippen LogP) is 2.59. The molecule has 0 aromatic heterocycles. The second-order valence-electron chi connectivity index (χ2n) is 11.8. The minimum absolute atomic E-state index is 0.00931. The fourth-order valence-corrected chi connectivity index (χ4v) is 8.40. The molecule has 0 aliphatic heterocycles. The predicted molar refractivity (Wildman–Crippen MR) is 128 cm³/mol. The Morgan fingerprint density at radius 1 is 1.09 bits per heavy atom. The van der Waals surface area contributed by atoms with Crippen LogP contribution in [0.4, 0.5) is 0 Å². The Kier molecular flexibility index (Phi) is 7.32. The van der Waals surface area contributed by atoms with E-state index < -0.39 is 12.2 Å². The number of nitrogens with zero attached hydrogens (tertiary/aromatic N) is 1. The van der Waals surface area contributed by atoms with Crippen molar-refractivity contribution in [3.63, 3.8) is 0 Å². The second-order valence-corrected chi connectivity index (χ2v) is 11.8. The van der Waals surface area contributed by atoms with Gasteiger partial charge in [0.05, 0.1) is 18.8 Å². The van der Waals surface area contributed by atoms with E-state index in [1.807, 2.05) is 11.0 Å². The highest BCUT2D eigenvalue weighted by atomic mass is 16.5. The van der Waals surface area contributed by atoms with Crippen molar-refractivity contribution in [2.45, 2.75) is 77.5 Å². The second kappa shape index (κ2) is 9.64. The average molecular weight is 478 g/mol. The first-order valence-corrected chi connectivity index (χ1v) is 13.0. The lowest BCUT2D eigenvalue weighted by atomic mass is 9.47. The highest BCUT2D eigenvalue weighted by molar-refractivity contribution is 5.94. The van der Waals surface area contributed by atoms with E-state index in [0.717, 1.165) is 25.7 Å². The molecule has 0 saturated heterocycles. The Hall–Kier alpha value is -1.28. The van der Waals surface area contributed by atoms with E-state index in [1.165, 1.54) is 5.57 Å². The zero-order valence-electron chi connectivity index (χ0n) is 21.5. The number of methoxy groups -OCH3 is 2. The third-order valence-corrected chi connectivity index (χ3v) is 10.2. The van der Waals surface area contributed by atoms with Crippen molar-refractivity contribution < 1.29 is 29.3 Å². The van der Waals surface area contributed by atoms with E-state index in [4.69, 9.17) is 9.47 Å². The first-order valence-electron chi connectivity index (χ1n) is 13.0. The Morgan fingerprint density at radius 3 is 2.47 bits per heavy atom. The molecular weight excluding hydrogens is 434 g/mol. The molecule has 4 rings (SSSR count). The van der Waals surface area contributed by atoms with Crippen LogP contribution in [0, 0.1) is 34.5 Å². The molecule has 0 aromatic rings. The number of ketones is 1. The lowest BCUT2D eigenvalue weighted by Crippen LogP contribution is -2.56. The molecule has 0 radical (unpaired) electrons. The fraction of sp³-hybridized carbons (Fsp3) is 0.852. The molecule has 9 unspecified atom stereocenters. The number of fused-ring (bicyclic) bond motifs is 5. The van der Waals surface area contributed by atoms with E-state index in [0.29, 0.717) is 37.8 Å². The van der Waals surface area contributed by atoms with Gasteiger partial charge in [0.1, 0.15) is 6.61 Å². The largest absolute Gasteiger partial charge is 0.390 e. The maximum absolute atomic E-state index is 13.3. The van der Waals surface area contributed by atoms with Gasteiger partial charge in [-0.2, -0.15) is 0 Å². The molecule has 3 fully saturated rings. The van der Waals surface area contributed by atoms with Gasteiger partial charge in [-0.15, -0.1) is 0 Å². The first kappa shape index (κ1) is 25.8. The highest BCUT2D eigenvalue weighted by Crippen LogP contribution is 2.66. The number of carbonyl (C=O) groups excluding carboxylic acids is 2. The van der Waals surface area contributed by atoms with Crippen molar-refractivity contribution in [2.24, 2.45) is 34.5 Å². The molecule has 3 saturated carbocycles. The molecule has 9 atom stereocenters. The lowest BCUT2D eigenvalue weighted by molar-refractivity contribution is -0.144. The van der Waals surface area contributed by atoms with Crippen LogP contribution in [0.2, 0.25) is 0 Å². The smallest absolute Gasteiger partial charge is 0.248 e. The molecule has 2 N–H and O–H groups in total. The van der Waals surface area contributed by atoms with Gasteiger partial charge in [-0.05, 0) is 80.1 Å². The highest BCUT2D eigenvalue weighted by Gasteiger charge is 2.61. The van der Waals surface area contributed by atoms with E-state index in [9.17, 15) is 19.8 Å². The molecule has 4 aliphatic carbocycles. The Morgan fingerprint density at radius 2 is 1.79 bits per heavy atom. The van der Waals surface area contributed by atoms with Crippen LogP contribution in [-0.4, -0.2) is 79.0 Å². The normalized spacial score (nSPS) is 42.3. The Bertz CT molecular complexity index is 828. The maximum Gasteiger partial charge on any atom is 0.248 e. The number of amides is 1. The summed E-state index contributed by atoms with van der Waals surface area (Å²) in [6.07, 6.45) is 5.23. The van der Waals surface area contributed by atoms with Crippen molar-refractivity contribution in [1.82, 2.24) is 4.90 Å². The lowest BCUT2D eigenvalue weighted by Gasteiger charge is -2.57. The summed E-state index contributed by atoms with van der Waals surface area (Å²) in [6.45, 7) is 7.77. The monoisotopic (exact) mass is 477 g/mol. The number of ether oxygens (including phenoxy) is 2.